The lowest BCUT2D eigenvalue weighted by molar-refractivity contribution is 0.214. The molecule has 0 bridgehead atoms. The molecule has 0 aliphatic heterocycles. The van der Waals surface area contributed by atoms with Crippen LogP contribution in [0.3, 0.4) is 0 Å². The molecule has 0 spiro atoms. The van der Waals surface area contributed by atoms with Crippen molar-refractivity contribution in [2.24, 2.45) is 11.3 Å². The molecule has 1 N–H and O–H groups in total. The molecule has 2 rings (SSSR count). The van der Waals surface area contributed by atoms with E-state index in [1.54, 1.807) is 0 Å². The van der Waals surface area contributed by atoms with E-state index in [-0.39, 0.29) is 0 Å². The first-order chi connectivity index (χ1) is 8.88. The maximum absolute atomic E-state index is 3.73. The maximum atomic E-state index is 3.73. The van der Waals surface area contributed by atoms with E-state index in [9.17, 15) is 0 Å². The summed E-state index contributed by atoms with van der Waals surface area (Å²) < 4.78 is 2.27. The van der Waals surface area contributed by atoms with Crippen LogP contribution in [0.4, 0.5) is 0 Å². The largest absolute Gasteiger partial charge is 0.323 e. The Morgan fingerprint density at radius 3 is 2.21 bits per heavy atom. The molecular weight excluding hydrogens is 232 g/mol. The highest BCUT2D eigenvalue weighted by atomic mass is 15.4. The van der Waals surface area contributed by atoms with Crippen molar-refractivity contribution in [3.63, 3.8) is 0 Å². The van der Waals surface area contributed by atoms with Gasteiger partial charge in [-0.05, 0) is 63.0 Å². The van der Waals surface area contributed by atoms with Gasteiger partial charge in [0.15, 0.2) is 0 Å². The van der Waals surface area contributed by atoms with Gasteiger partial charge in [-0.25, -0.2) is 0 Å². The molecule has 1 heterocycles. The summed E-state index contributed by atoms with van der Waals surface area (Å²) in [5.74, 6) is 0.881. The van der Waals surface area contributed by atoms with Crippen LogP contribution in [0.15, 0.2) is 12.1 Å². The van der Waals surface area contributed by atoms with Crippen LogP contribution in [-0.2, 0) is 0 Å². The second-order valence-electron chi connectivity index (χ2n) is 7.35. The molecule has 0 aromatic carbocycles. The van der Waals surface area contributed by atoms with Gasteiger partial charge in [-0.1, -0.05) is 27.2 Å². The minimum absolute atomic E-state index is 0.466. The second-order valence-corrected chi connectivity index (χ2v) is 7.35. The Morgan fingerprint density at radius 1 is 1.00 bits per heavy atom. The summed E-state index contributed by atoms with van der Waals surface area (Å²) in [7, 11) is 0. The van der Waals surface area contributed by atoms with Crippen LogP contribution in [0.5, 0.6) is 0 Å². The van der Waals surface area contributed by atoms with Crippen molar-refractivity contribution in [2.45, 2.75) is 72.8 Å². The molecular formula is C17H30N2. The van der Waals surface area contributed by atoms with Crippen molar-refractivity contribution in [3.8, 4) is 0 Å². The third-order valence-electron chi connectivity index (χ3n) is 4.78. The zero-order valence-corrected chi connectivity index (χ0v) is 13.3. The molecule has 0 radical (unpaired) electrons. The zero-order valence-electron chi connectivity index (χ0n) is 13.3. The maximum Gasteiger partial charge on any atom is 0.0424 e. The SMILES string of the molecule is Cc1ccc(C)n1NC1CCCC(C(C)(C)C)CC1. The average molecular weight is 262 g/mol. The van der Waals surface area contributed by atoms with Crippen molar-refractivity contribution >= 4 is 0 Å². The van der Waals surface area contributed by atoms with Gasteiger partial charge < -0.3 is 5.43 Å². The van der Waals surface area contributed by atoms with E-state index < -0.39 is 0 Å². The summed E-state index contributed by atoms with van der Waals surface area (Å²) in [6.45, 7) is 11.5. The van der Waals surface area contributed by atoms with Gasteiger partial charge in [-0.2, -0.15) is 0 Å². The fourth-order valence-corrected chi connectivity index (χ4v) is 3.35. The highest BCUT2D eigenvalue weighted by Gasteiger charge is 2.27. The number of aromatic nitrogens is 1. The van der Waals surface area contributed by atoms with E-state index in [0.29, 0.717) is 11.5 Å². The summed E-state index contributed by atoms with van der Waals surface area (Å²) in [5, 5.41) is 0. The Balaban J connectivity index is 1.97. The predicted octanol–water partition coefficient (Wildman–Crippen LogP) is 4.64. The number of nitrogens with zero attached hydrogens (tertiary/aromatic N) is 1. The third kappa shape index (κ3) is 3.55. The van der Waals surface area contributed by atoms with E-state index in [2.05, 4.69) is 56.9 Å². The standard InChI is InChI=1S/C17H30N2/c1-13-9-10-14(2)19(13)18-16-8-6-7-15(11-12-16)17(3,4)5/h9-10,15-16,18H,6-8,11-12H2,1-5H3. The van der Waals surface area contributed by atoms with Gasteiger partial charge in [0.1, 0.15) is 0 Å². The van der Waals surface area contributed by atoms with E-state index in [1.807, 2.05) is 0 Å². The summed E-state index contributed by atoms with van der Waals surface area (Å²) in [5.41, 5.74) is 6.82. The summed E-state index contributed by atoms with van der Waals surface area (Å²) >= 11 is 0. The van der Waals surface area contributed by atoms with Crippen LogP contribution in [-0.4, -0.2) is 10.7 Å². The number of hydrogen-bond acceptors (Lipinski definition) is 1. The Labute approximate surface area is 118 Å². The molecule has 1 aromatic rings. The molecule has 2 atom stereocenters. The van der Waals surface area contributed by atoms with Gasteiger partial charge in [-0.3, -0.25) is 4.68 Å². The first-order valence-corrected chi connectivity index (χ1v) is 7.79. The topological polar surface area (TPSA) is 17.0 Å². The third-order valence-corrected chi connectivity index (χ3v) is 4.78. The van der Waals surface area contributed by atoms with E-state index in [4.69, 9.17) is 0 Å². The fourth-order valence-electron chi connectivity index (χ4n) is 3.35. The van der Waals surface area contributed by atoms with Gasteiger partial charge in [0, 0.05) is 17.4 Å². The quantitative estimate of drug-likeness (QED) is 0.768. The van der Waals surface area contributed by atoms with Crippen LogP contribution < -0.4 is 5.43 Å². The van der Waals surface area contributed by atoms with E-state index >= 15 is 0 Å². The minimum atomic E-state index is 0.466. The molecule has 0 amide bonds. The Hall–Kier alpha value is -0.920. The molecule has 108 valence electrons. The first-order valence-electron chi connectivity index (χ1n) is 7.79. The van der Waals surface area contributed by atoms with Gasteiger partial charge in [0.25, 0.3) is 0 Å². The van der Waals surface area contributed by atoms with Crippen LogP contribution in [0.25, 0.3) is 0 Å². The number of aryl methyl sites for hydroxylation is 2. The van der Waals surface area contributed by atoms with E-state index in [1.165, 1.54) is 43.5 Å². The molecule has 19 heavy (non-hydrogen) atoms. The first kappa shape index (κ1) is 14.5. The second kappa shape index (κ2) is 5.60. The highest BCUT2D eigenvalue weighted by molar-refractivity contribution is 5.16. The Morgan fingerprint density at radius 2 is 1.63 bits per heavy atom. The molecule has 2 unspecified atom stereocenters. The van der Waals surface area contributed by atoms with Gasteiger partial charge in [0.05, 0.1) is 0 Å². The van der Waals surface area contributed by atoms with Crippen LogP contribution in [0, 0.1) is 25.2 Å². The van der Waals surface area contributed by atoms with Crippen molar-refractivity contribution < 1.29 is 0 Å². The van der Waals surface area contributed by atoms with E-state index in [0.717, 1.165) is 5.92 Å². The van der Waals surface area contributed by atoms with Crippen LogP contribution in [0.2, 0.25) is 0 Å². The lowest BCUT2D eigenvalue weighted by Crippen LogP contribution is -2.29. The fraction of sp³-hybridized carbons (Fsp3) is 0.765. The lowest BCUT2D eigenvalue weighted by atomic mass is 9.76. The zero-order chi connectivity index (χ0) is 14.0. The molecule has 1 saturated carbocycles. The number of nitrogens with one attached hydrogen (secondary N) is 1. The molecule has 0 saturated heterocycles. The van der Waals surface area contributed by atoms with Crippen molar-refractivity contribution in [1.29, 1.82) is 0 Å². The number of hydrogen-bond donors (Lipinski definition) is 1. The van der Waals surface area contributed by atoms with Crippen molar-refractivity contribution in [2.75, 3.05) is 5.43 Å². The van der Waals surface area contributed by atoms with Gasteiger partial charge >= 0.3 is 0 Å². The van der Waals surface area contributed by atoms with Gasteiger partial charge in [-0.15, -0.1) is 0 Å². The molecule has 1 fully saturated rings. The molecule has 2 heteroatoms. The molecule has 1 aliphatic rings. The summed E-state index contributed by atoms with van der Waals surface area (Å²) in [6, 6.07) is 5.02. The lowest BCUT2D eigenvalue weighted by Gasteiger charge is -2.30. The monoisotopic (exact) mass is 262 g/mol. The Bertz CT molecular complexity index is 392. The molecule has 2 nitrogen and oxygen atoms in total. The van der Waals surface area contributed by atoms with Crippen molar-refractivity contribution in [3.05, 3.63) is 23.5 Å². The van der Waals surface area contributed by atoms with Crippen molar-refractivity contribution in [1.82, 2.24) is 4.68 Å². The van der Waals surface area contributed by atoms with Crippen LogP contribution >= 0.6 is 0 Å². The van der Waals surface area contributed by atoms with Crippen LogP contribution in [0.1, 0.15) is 64.3 Å². The normalized spacial score (nSPS) is 25.1. The average Bonchev–Trinajstić information content (AvgIpc) is 2.57. The minimum Gasteiger partial charge on any atom is -0.323 e. The van der Waals surface area contributed by atoms with Gasteiger partial charge in [0.2, 0.25) is 0 Å². The smallest absolute Gasteiger partial charge is 0.0424 e. The highest BCUT2D eigenvalue weighted by Crippen LogP contribution is 2.36. The predicted molar refractivity (Wildman–Crippen MR) is 83.1 cm³/mol. The molecule has 1 aliphatic carbocycles. The summed E-state index contributed by atoms with van der Waals surface area (Å²) in [4.78, 5) is 0. The summed E-state index contributed by atoms with van der Waals surface area (Å²) in [6.07, 6.45) is 6.73. The Kier molecular flexibility index (Phi) is 4.27. The molecule has 1 aromatic heterocycles. The number of rotatable bonds is 2.